The molecule has 0 fully saturated rings. The predicted octanol–water partition coefficient (Wildman–Crippen LogP) is 1.32. The molecular formula is C6H10Cl2N2O. The van der Waals surface area contributed by atoms with Gasteiger partial charge in [0, 0.05) is 6.20 Å². The second-order valence-electron chi connectivity index (χ2n) is 1.63. The lowest BCUT2D eigenvalue weighted by Gasteiger charge is -1.93. The van der Waals surface area contributed by atoms with E-state index in [2.05, 4.69) is 9.82 Å². The highest BCUT2D eigenvalue weighted by Crippen LogP contribution is 1.92. The molecule has 5 heteroatoms. The second-order valence-corrected chi connectivity index (χ2v) is 1.63. The standard InChI is InChI=1S/C6H8N2O.2ClH/c7-9-5-6-3-1-2-4-8-6;;/h1-4H,5,7H2;2*1H. The van der Waals surface area contributed by atoms with Crippen LogP contribution in [0.5, 0.6) is 0 Å². The van der Waals surface area contributed by atoms with Gasteiger partial charge in [0.15, 0.2) is 0 Å². The van der Waals surface area contributed by atoms with E-state index in [9.17, 15) is 0 Å². The van der Waals surface area contributed by atoms with Gasteiger partial charge in [-0.3, -0.25) is 9.82 Å². The molecule has 0 saturated heterocycles. The SMILES string of the molecule is Cl.Cl.NOCc1ccccn1. The summed E-state index contributed by atoms with van der Waals surface area (Å²) in [4.78, 5) is 8.33. The second kappa shape index (κ2) is 7.75. The maximum Gasteiger partial charge on any atom is 0.110 e. The highest BCUT2D eigenvalue weighted by molar-refractivity contribution is 5.85. The first-order chi connectivity index (χ1) is 4.43. The smallest absolute Gasteiger partial charge is 0.110 e. The van der Waals surface area contributed by atoms with Gasteiger partial charge in [0.25, 0.3) is 0 Å². The number of hydrogen-bond donors (Lipinski definition) is 1. The van der Waals surface area contributed by atoms with Crippen LogP contribution in [0, 0.1) is 0 Å². The van der Waals surface area contributed by atoms with E-state index in [1.807, 2.05) is 18.2 Å². The van der Waals surface area contributed by atoms with Crippen molar-refractivity contribution in [3.8, 4) is 0 Å². The highest BCUT2D eigenvalue weighted by Gasteiger charge is 1.87. The first-order valence-corrected chi connectivity index (χ1v) is 2.65. The third-order valence-corrected chi connectivity index (χ3v) is 0.957. The third-order valence-electron chi connectivity index (χ3n) is 0.957. The average molecular weight is 197 g/mol. The Morgan fingerprint density at radius 2 is 2.09 bits per heavy atom. The molecule has 0 aliphatic rings. The summed E-state index contributed by atoms with van der Waals surface area (Å²) in [7, 11) is 0. The number of pyridine rings is 1. The number of nitrogens with zero attached hydrogens (tertiary/aromatic N) is 1. The summed E-state index contributed by atoms with van der Waals surface area (Å²) in [5.74, 6) is 4.82. The van der Waals surface area contributed by atoms with Gasteiger partial charge >= 0.3 is 0 Å². The van der Waals surface area contributed by atoms with Crippen LogP contribution in [0.3, 0.4) is 0 Å². The number of nitrogens with two attached hydrogens (primary N) is 1. The van der Waals surface area contributed by atoms with Crippen LogP contribution in [-0.4, -0.2) is 4.98 Å². The number of aromatic nitrogens is 1. The molecule has 2 N–H and O–H groups in total. The molecular weight excluding hydrogens is 187 g/mol. The summed E-state index contributed by atoms with van der Waals surface area (Å²) in [6, 6.07) is 5.59. The molecule has 0 unspecified atom stereocenters. The fourth-order valence-corrected chi connectivity index (χ4v) is 0.569. The Hall–Kier alpha value is -0.350. The minimum Gasteiger partial charge on any atom is -0.298 e. The van der Waals surface area contributed by atoms with Crippen LogP contribution in [0.2, 0.25) is 0 Å². The van der Waals surface area contributed by atoms with Crippen molar-refractivity contribution in [2.24, 2.45) is 5.90 Å². The molecule has 1 aromatic heterocycles. The van der Waals surface area contributed by atoms with E-state index in [1.165, 1.54) is 0 Å². The predicted molar refractivity (Wildman–Crippen MR) is 47.7 cm³/mol. The van der Waals surface area contributed by atoms with E-state index in [-0.39, 0.29) is 24.8 Å². The molecule has 0 amide bonds. The summed E-state index contributed by atoms with van der Waals surface area (Å²) >= 11 is 0. The van der Waals surface area contributed by atoms with E-state index in [0.29, 0.717) is 6.61 Å². The van der Waals surface area contributed by atoms with Crippen LogP contribution < -0.4 is 5.90 Å². The van der Waals surface area contributed by atoms with Crippen LogP contribution in [0.25, 0.3) is 0 Å². The van der Waals surface area contributed by atoms with E-state index in [1.54, 1.807) is 6.20 Å². The third kappa shape index (κ3) is 4.98. The van der Waals surface area contributed by atoms with Gasteiger partial charge in [-0.15, -0.1) is 24.8 Å². The summed E-state index contributed by atoms with van der Waals surface area (Å²) in [6.07, 6.45) is 1.70. The Labute approximate surface area is 77.7 Å². The Balaban J connectivity index is 0. The van der Waals surface area contributed by atoms with Crippen molar-refractivity contribution in [2.45, 2.75) is 6.61 Å². The van der Waals surface area contributed by atoms with Gasteiger partial charge in [0.1, 0.15) is 6.61 Å². The van der Waals surface area contributed by atoms with Gasteiger partial charge < -0.3 is 0 Å². The van der Waals surface area contributed by atoms with Gasteiger partial charge in [0.2, 0.25) is 0 Å². The lowest BCUT2D eigenvalue weighted by atomic mass is 10.4. The monoisotopic (exact) mass is 196 g/mol. The van der Waals surface area contributed by atoms with Crippen LogP contribution in [0.15, 0.2) is 24.4 Å². The number of hydrogen-bond acceptors (Lipinski definition) is 3. The first kappa shape index (κ1) is 13.3. The van der Waals surface area contributed by atoms with Gasteiger partial charge in [-0.1, -0.05) is 6.07 Å². The molecule has 0 spiro atoms. The minimum absolute atomic E-state index is 0. The molecule has 0 radical (unpaired) electrons. The fourth-order valence-electron chi connectivity index (χ4n) is 0.569. The van der Waals surface area contributed by atoms with Gasteiger partial charge in [-0.25, -0.2) is 5.90 Å². The lowest BCUT2D eigenvalue weighted by molar-refractivity contribution is 0.121. The molecule has 0 aliphatic heterocycles. The fraction of sp³-hybridized carbons (Fsp3) is 0.167. The maximum absolute atomic E-state index is 4.82. The van der Waals surface area contributed by atoms with Crippen molar-refractivity contribution in [2.75, 3.05) is 0 Å². The summed E-state index contributed by atoms with van der Waals surface area (Å²) in [5, 5.41) is 0. The molecule has 11 heavy (non-hydrogen) atoms. The zero-order valence-electron chi connectivity index (χ0n) is 5.77. The normalized spacial score (nSPS) is 7.73. The molecule has 0 atom stereocenters. The quantitative estimate of drug-likeness (QED) is 0.727. The lowest BCUT2D eigenvalue weighted by Crippen LogP contribution is -1.99. The van der Waals surface area contributed by atoms with Crippen LogP contribution in [0.4, 0.5) is 0 Å². The summed E-state index contributed by atoms with van der Waals surface area (Å²) in [6.45, 7) is 0.376. The average Bonchev–Trinajstić information content (AvgIpc) is 1.91. The van der Waals surface area contributed by atoms with Crippen molar-refractivity contribution in [3.05, 3.63) is 30.1 Å². The molecule has 0 aromatic carbocycles. The van der Waals surface area contributed by atoms with Crippen LogP contribution in [0.1, 0.15) is 5.69 Å². The zero-order valence-corrected chi connectivity index (χ0v) is 7.40. The zero-order chi connectivity index (χ0) is 6.53. The number of rotatable bonds is 2. The Morgan fingerprint density at radius 3 is 2.55 bits per heavy atom. The van der Waals surface area contributed by atoms with E-state index in [0.717, 1.165) is 5.69 Å². The van der Waals surface area contributed by atoms with Crippen molar-refractivity contribution in [1.82, 2.24) is 4.98 Å². The largest absolute Gasteiger partial charge is 0.298 e. The Bertz CT molecular complexity index is 171. The summed E-state index contributed by atoms with van der Waals surface area (Å²) in [5.41, 5.74) is 0.847. The topological polar surface area (TPSA) is 48.1 Å². The molecule has 64 valence electrons. The van der Waals surface area contributed by atoms with Crippen molar-refractivity contribution in [1.29, 1.82) is 0 Å². The molecule has 3 nitrogen and oxygen atoms in total. The van der Waals surface area contributed by atoms with Crippen LogP contribution >= 0.6 is 24.8 Å². The van der Waals surface area contributed by atoms with Gasteiger partial charge in [-0.2, -0.15) is 0 Å². The highest BCUT2D eigenvalue weighted by atomic mass is 35.5. The van der Waals surface area contributed by atoms with Gasteiger partial charge in [-0.05, 0) is 12.1 Å². The Kier molecular flexibility index (Phi) is 9.34. The summed E-state index contributed by atoms with van der Waals surface area (Å²) < 4.78 is 0. The first-order valence-electron chi connectivity index (χ1n) is 2.65. The molecule has 0 bridgehead atoms. The van der Waals surface area contributed by atoms with Crippen molar-refractivity contribution >= 4 is 24.8 Å². The van der Waals surface area contributed by atoms with Gasteiger partial charge in [0.05, 0.1) is 5.69 Å². The molecule has 0 saturated carbocycles. The Morgan fingerprint density at radius 1 is 1.36 bits per heavy atom. The molecule has 1 rings (SSSR count). The van der Waals surface area contributed by atoms with E-state index < -0.39 is 0 Å². The van der Waals surface area contributed by atoms with Crippen molar-refractivity contribution < 1.29 is 4.84 Å². The van der Waals surface area contributed by atoms with Crippen LogP contribution in [-0.2, 0) is 11.4 Å². The van der Waals surface area contributed by atoms with E-state index in [4.69, 9.17) is 5.90 Å². The maximum atomic E-state index is 4.82. The van der Waals surface area contributed by atoms with E-state index >= 15 is 0 Å². The molecule has 0 aliphatic carbocycles. The molecule has 1 heterocycles. The molecule has 1 aromatic rings. The van der Waals surface area contributed by atoms with Crippen molar-refractivity contribution in [3.63, 3.8) is 0 Å². The number of halogens is 2. The minimum atomic E-state index is 0.